The SMILES string of the molecule is O[C@]12CCCC[C@@H]1C[n+]1ccccc1C2. The van der Waals surface area contributed by atoms with E-state index in [2.05, 4.69) is 29.0 Å². The predicted molar refractivity (Wildman–Crippen MR) is 57.2 cm³/mol. The van der Waals surface area contributed by atoms with Crippen LogP contribution in [0, 0.1) is 5.92 Å². The number of rotatable bonds is 0. The Hall–Kier alpha value is -0.890. The van der Waals surface area contributed by atoms with Crippen LogP contribution in [-0.2, 0) is 13.0 Å². The van der Waals surface area contributed by atoms with Crippen molar-refractivity contribution in [2.45, 2.75) is 44.2 Å². The van der Waals surface area contributed by atoms with Gasteiger partial charge in [-0.15, -0.1) is 0 Å². The largest absolute Gasteiger partial charge is 0.389 e. The van der Waals surface area contributed by atoms with Crippen LogP contribution in [0.15, 0.2) is 24.4 Å². The Morgan fingerprint density at radius 3 is 3.20 bits per heavy atom. The molecule has 80 valence electrons. The van der Waals surface area contributed by atoms with E-state index in [1.165, 1.54) is 25.0 Å². The lowest BCUT2D eigenvalue weighted by Crippen LogP contribution is -2.58. The van der Waals surface area contributed by atoms with Crippen LogP contribution in [0.25, 0.3) is 0 Å². The van der Waals surface area contributed by atoms with Crippen molar-refractivity contribution in [1.29, 1.82) is 0 Å². The van der Waals surface area contributed by atoms with E-state index < -0.39 is 5.60 Å². The van der Waals surface area contributed by atoms with Crippen LogP contribution in [0.3, 0.4) is 0 Å². The normalized spacial score (nSPS) is 34.3. The van der Waals surface area contributed by atoms with Gasteiger partial charge in [0.05, 0.1) is 12.0 Å². The van der Waals surface area contributed by atoms with E-state index in [4.69, 9.17) is 0 Å². The second-order valence-corrected chi connectivity index (χ2v) is 5.07. The maximum Gasteiger partial charge on any atom is 0.184 e. The molecule has 0 aromatic carbocycles. The number of nitrogens with zero attached hydrogens (tertiary/aromatic N) is 1. The molecule has 0 spiro atoms. The van der Waals surface area contributed by atoms with Crippen LogP contribution in [0.2, 0.25) is 0 Å². The van der Waals surface area contributed by atoms with E-state index in [1.807, 2.05) is 0 Å². The van der Waals surface area contributed by atoms with Gasteiger partial charge in [-0.1, -0.05) is 18.9 Å². The topological polar surface area (TPSA) is 24.1 Å². The Morgan fingerprint density at radius 2 is 2.27 bits per heavy atom. The summed E-state index contributed by atoms with van der Waals surface area (Å²) in [4.78, 5) is 0. The minimum Gasteiger partial charge on any atom is -0.389 e. The Bertz CT molecular complexity index is 377. The highest BCUT2D eigenvalue weighted by molar-refractivity contribution is 5.06. The Kier molecular flexibility index (Phi) is 2.06. The fourth-order valence-electron chi connectivity index (χ4n) is 3.19. The average molecular weight is 204 g/mol. The van der Waals surface area contributed by atoms with Crippen LogP contribution >= 0.6 is 0 Å². The highest BCUT2D eigenvalue weighted by Crippen LogP contribution is 2.38. The monoisotopic (exact) mass is 204 g/mol. The number of aliphatic hydroxyl groups is 1. The summed E-state index contributed by atoms with van der Waals surface area (Å²) < 4.78 is 2.31. The van der Waals surface area contributed by atoms with Crippen LogP contribution in [-0.4, -0.2) is 10.7 Å². The summed E-state index contributed by atoms with van der Waals surface area (Å²) in [5.74, 6) is 0.478. The first-order valence-electron chi connectivity index (χ1n) is 5.98. The van der Waals surface area contributed by atoms with E-state index in [-0.39, 0.29) is 0 Å². The van der Waals surface area contributed by atoms with Gasteiger partial charge in [0.1, 0.15) is 0 Å². The third-order valence-electron chi connectivity index (χ3n) is 4.11. The third kappa shape index (κ3) is 1.48. The zero-order chi connectivity index (χ0) is 10.3. The molecular weight excluding hydrogens is 186 g/mol. The summed E-state index contributed by atoms with van der Waals surface area (Å²) in [7, 11) is 0. The third-order valence-corrected chi connectivity index (χ3v) is 4.11. The molecule has 1 aromatic heterocycles. The van der Waals surface area contributed by atoms with Gasteiger partial charge in [0, 0.05) is 18.1 Å². The molecule has 1 aromatic rings. The van der Waals surface area contributed by atoms with Crippen molar-refractivity contribution in [2.75, 3.05) is 0 Å². The average Bonchev–Trinajstić information content (AvgIpc) is 2.25. The molecule has 2 heteroatoms. The number of aromatic nitrogens is 1. The van der Waals surface area contributed by atoms with Gasteiger partial charge >= 0.3 is 0 Å². The van der Waals surface area contributed by atoms with E-state index in [0.29, 0.717) is 5.92 Å². The summed E-state index contributed by atoms with van der Waals surface area (Å²) in [6.45, 7) is 1.01. The molecule has 0 amide bonds. The number of fused-ring (bicyclic) bond motifs is 2. The minimum atomic E-state index is -0.403. The van der Waals surface area contributed by atoms with Crippen molar-refractivity contribution in [3.63, 3.8) is 0 Å². The zero-order valence-corrected chi connectivity index (χ0v) is 9.02. The molecule has 0 unspecified atom stereocenters. The van der Waals surface area contributed by atoms with Gasteiger partial charge in [0.15, 0.2) is 18.4 Å². The molecule has 3 rings (SSSR count). The minimum absolute atomic E-state index is 0.403. The van der Waals surface area contributed by atoms with Crippen molar-refractivity contribution < 1.29 is 9.67 Å². The molecule has 1 aliphatic heterocycles. The van der Waals surface area contributed by atoms with E-state index in [1.54, 1.807) is 0 Å². The maximum absolute atomic E-state index is 10.6. The first-order chi connectivity index (χ1) is 7.28. The Balaban J connectivity index is 1.98. The van der Waals surface area contributed by atoms with Gasteiger partial charge in [-0.05, 0) is 12.8 Å². The molecule has 2 aliphatic rings. The van der Waals surface area contributed by atoms with Gasteiger partial charge in [-0.25, -0.2) is 4.57 Å². The molecule has 0 radical (unpaired) electrons. The summed E-state index contributed by atoms with van der Waals surface area (Å²) in [6, 6.07) is 6.29. The molecule has 0 bridgehead atoms. The van der Waals surface area contributed by atoms with Crippen LogP contribution in [0.4, 0.5) is 0 Å². The lowest BCUT2D eigenvalue weighted by molar-refractivity contribution is -0.721. The molecular formula is C13H18NO+. The van der Waals surface area contributed by atoms with Crippen LogP contribution in [0.1, 0.15) is 31.4 Å². The second kappa shape index (κ2) is 3.31. The van der Waals surface area contributed by atoms with Crippen LogP contribution < -0.4 is 4.57 Å². The van der Waals surface area contributed by atoms with Crippen molar-refractivity contribution in [2.24, 2.45) is 5.92 Å². The zero-order valence-electron chi connectivity index (χ0n) is 9.02. The first-order valence-corrected chi connectivity index (χ1v) is 5.98. The number of hydrogen-bond acceptors (Lipinski definition) is 1. The summed E-state index contributed by atoms with van der Waals surface area (Å²) in [5, 5.41) is 10.6. The van der Waals surface area contributed by atoms with Crippen molar-refractivity contribution >= 4 is 0 Å². The molecule has 1 N–H and O–H groups in total. The second-order valence-electron chi connectivity index (χ2n) is 5.07. The van der Waals surface area contributed by atoms with Gasteiger partial charge < -0.3 is 5.11 Å². The van der Waals surface area contributed by atoms with E-state index in [0.717, 1.165) is 19.4 Å². The molecule has 1 saturated carbocycles. The van der Waals surface area contributed by atoms with Crippen molar-refractivity contribution in [3.05, 3.63) is 30.1 Å². The first kappa shape index (κ1) is 9.34. The lowest BCUT2D eigenvalue weighted by atomic mass is 9.71. The van der Waals surface area contributed by atoms with Crippen molar-refractivity contribution in [1.82, 2.24) is 0 Å². The van der Waals surface area contributed by atoms with Gasteiger partial charge in [-0.3, -0.25) is 0 Å². The quantitative estimate of drug-likeness (QED) is 0.635. The molecule has 1 fully saturated rings. The molecule has 2 heterocycles. The molecule has 2 nitrogen and oxygen atoms in total. The standard InChI is InChI=1S/C13H18NO/c15-13-7-3-1-5-11(13)10-14-8-4-2-6-12(14)9-13/h2,4,6,8,11,15H,1,3,5,7,9-10H2/q+1/t11-,13+/m1/s1. The highest BCUT2D eigenvalue weighted by Gasteiger charge is 2.46. The van der Waals surface area contributed by atoms with Gasteiger partial charge in [0.2, 0.25) is 0 Å². The fraction of sp³-hybridized carbons (Fsp3) is 0.615. The fourth-order valence-corrected chi connectivity index (χ4v) is 3.19. The van der Waals surface area contributed by atoms with Gasteiger partial charge in [-0.2, -0.15) is 0 Å². The summed E-state index contributed by atoms with van der Waals surface area (Å²) in [5.41, 5.74) is 0.887. The van der Waals surface area contributed by atoms with E-state index in [9.17, 15) is 5.11 Å². The molecule has 0 saturated heterocycles. The summed E-state index contributed by atoms with van der Waals surface area (Å²) in [6.07, 6.45) is 7.65. The Morgan fingerprint density at radius 1 is 1.33 bits per heavy atom. The summed E-state index contributed by atoms with van der Waals surface area (Å²) >= 11 is 0. The molecule has 2 atom stereocenters. The van der Waals surface area contributed by atoms with Crippen LogP contribution in [0.5, 0.6) is 0 Å². The maximum atomic E-state index is 10.6. The predicted octanol–water partition coefficient (Wildman–Crippen LogP) is 1.45. The smallest absolute Gasteiger partial charge is 0.184 e. The van der Waals surface area contributed by atoms with E-state index >= 15 is 0 Å². The number of hydrogen-bond donors (Lipinski definition) is 1. The highest BCUT2D eigenvalue weighted by atomic mass is 16.3. The molecule has 1 aliphatic carbocycles. The molecule has 15 heavy (non-hydrogen) atoms. The Labute approximate surface area is 90.6 Å². The van der Waals surface area contributed by atoms with Crippen molar-refractivity contribution in [3.8, 4) is 0 Å². The van der Waals surface area contributed by atoms with Gasteiger partial charge in [0.25, 0.3) is 0 Å². The number of pyridine rings is 1. The lowest BCUT2D eigenvalue weighted by Gasteiger charge is -2.40.